The van der Waals surface area contributed by atoms with Crippen LogP contribution in [0.4, 0.5) is 11.4 Å². The molecule has 20 heavy (non-hydrogen) atoms. The van der Waals surface area contributed by atoms with Crippen molar-refractivity contribution in [3.05, 3.63) is 52.0 Å². The van der Waals surface area contributed by atoms with Gasteiger partial charge < -0.3 is 15.8 Å². The van der Waals surface area contributed by atoms with E-state index in [2.05, 4.69) is 21.2 Å². The van der Waals surface area contributed by atoms with Gasteiger partial charge in [-0.25, -0.2) is 0 Å². The summed E-state index contributed by atoms with van der Waals surface area (Å²) in [6.45, 7) is 1.96. The maximum Gasteiger partial charge on any atom is 0.257 e. The van der Waals surface area contributed by atoms with Gasteiger partial charge in [0.05, 0.1) is 12.7 Å². The van der Waals surface area contributed by atoms with E-state index >= 15 is 0 Å². The minimum atomic E-state index is -0.265. The van der Waals surface area contributed by atoms with Crippen molar-refractivity contribution < 1.29 is 9.53 Å². The van der Waals surface area contributed by atoms with Crippen molar-refractivity contribution >= 4 is 33.2 Å². The molecule has 0 bridgehead atoms. The summed E-state index contributed by atoms with van der Waals surface area (Å²) in [5, 5.41) is 2.83. The summed E-state index contributed by atoms with van der Waals surface area (Å²) in [4.78, 5) is 12.3. The molecule has 5 heteroatoms. The lowest BCUT2D eigenvalue weighted by Gasteiger charge is -2.10. The van der Waals surface area contributed by atoms with Crippen LogP contribution in [0, 0.1) is 6.92 Å². The first-order chi connectivity index (χ1) is 9.49. The normalized spacial score (nSPS) is 10.2. The van der Waals surface area contributed by atoms with Crippen LogP contribution in [0.25, 0.3) is 0 Å². The van der Waals surface area contributed by atoms with Gasteiger partial charge in [0.15, 0.2) is 0 Å². The number of nitrogens with two attached hydrogens (primary N) is 1. The van der Waals surface area contributed by atoms with Gasteiger partial charge in [-0.3, -0.25) is 4.79 Å². The van der Waals surface area contributed by atoms with Crippen LogP contribution in [0.15, 0.2) is 40.9 Å². The molecule has 0 unspecified atom stereocenters. The number of methoxy groups -OCH3 is 1. The molecule has 0 radical (unpaired) electrons. The minimum Gasteiger partial charge on any atom is -0.497 e. The average Bonchev–Trinajstić information content (AvgIpc) is 2.37. The Morgan fingerprint density at radius 1 is 1.25 bits per heavy atom. The highest BCUT2D eigenvalue weighted by Gasteiger charge is 2.11. The number of rotatable bonds is 3. The fourth-order valence-corrected chi connectivity index (χ4v) is 2.47. The lowest BCUT2D eigenvalue weighted by molar-refractivity contribution is 0.102. The number of anilines is 2. The number of hydrogen-bond acceptors (Lipinski definition) is 3. The molecule has 0 aliphatic heterocycles. The molecule has 0 aliphatic rings. The Labute approximate surface area is 126 Å². The number of hydrogen-bond donors (Lipinski definition) is 2. The van der Waals surface area contributed by atoms with Gasteiger partial charge in [0, 0.05) is 15.8 Å². The van der Waals surface area contributed by atoms with Crippen molar-refractivity contribution in [2.75, 3.05) is 18.2 Å². The lowest BCUT2D eigenvalue weighted by Crippen LogP contribution is -2.14. The van der Waals surface area contributed by atoms with Crippen molar-refractivity contribution in [1.82, 2.24) is 0 Å². The number of ether oxygens (including phenoxy) is 1. The molecule has 3 N–H and O–H groups in total. The number of carbonyl (C=O) groups excluding carboxylic acids is 1. The van der Waals surface area contributed by atoms with E-state index in [1.54, 1.807) is 25.3 Å². The van der Waals surface area contributed by atoms with Gasteiger partial charge in [-0.15, -0.1) is 0 Å². The molecule has 0 atom stereocenters. The smallest absolute Gasteiger partial charge is 0.257 e. The molecule has 0 fully saturated rings. The third-order valence-electron chi connectivity index (χ3n) is 2.81. The molecule has 0 spiro atoms. The molecule has 2 aromatic rings. The minimum absolute atomic E-state index is 0.265. The van der Waals surface area contributed by atoms with E-state index in [0.29, 0.717) is 22.7 Å². The third-order valence-corrected chi connectivity index (χ3v) is 3.26. The highest BCUT2D eigenvalue weighted by molar-refractivity contribution is 9.10. The topological polar surface area (TPSA) is 64.3 Å². The number of halogens is 1. The number of aryl methyl sites for hydroxylation is 1. The van der Waals surface area contributed by atoms with Gasteiger partial charge in [0.25, 0.3) is 5.91 Å². The number of carbonyl (C=O) groups is 1. The summed E-state index contributed by atoms with van der Waals surface area (Å²) in [7, 11) is 1.55. The van der Waals surface area contributed by atoms with Crippen molar-refractivity contribution in [2.24, 2.45) is 0 Å². The summed E-state index contributed by atoms with van der Waals surface area (Å²) >= 11 is 3.40. The second-order valence-electron chi connectivity index (χ2n) is 4.42. The quantitative estimate of drug-likeness (QED) is 0.843. The standard InChI is InChI=1S/C15H15BrN2O2/c1-9-5-10(16)7-11(6-9)18-15(19)13-8-12(20-2)3-4-14(13)17/h3-8H,17H2,1-2H3,(H,18,19). The summed E-state index contributed by atoms with van der Waals surface area (Å²) in [6, 6.07) is 10.7. The molecule has 0 aliphatic carbocycles. The molecule has 2 aromatic carbocycles. The fourth-order valence-electron chi connectivity index (χ4n) is 1.87. The van der Waals surface area contributed by atoms with Crippen molar-refractivity contribution in [2.45, 2.75) is 6.92 Å². The van der Waals surface area contributed by atoms with E-state index < -0.39 is 0 Å². The van der Waals surface area contributed by atoms with Gasteiger partial charge in [-0.2, -0.15) is 0 Å². The molecule has 1 amide bonds. The van der Waals surface area contributed by atoms with Crippen LogP contribution < -0.4 is 15.8 Å². The van der Waals surface area contributed by atoms with Gasteiger partial charge in [0.1, 0.15) is 5.75 Å². The van der Waals surface area contributed by atoms with Crippen LogP contribution in [0.5, 0.6) is 5.75 Å². The van der Waals surface area contributed by atoms with Gasteiger partial charge in [-0.05, 0) is 48.9 Å². The molecule has 0 aromatic heterocycles. The first-order valence-electron chi connectivity index (χ1n) is 6.01. The number of benzene rings is 2. The Kier molecular flexibility index (Phi) is 4.29. The van der Waals surface area contributed by atoms with Crippen molar-refractivity contribution in [3.8, 4) is 5.75 Å². The zero-order valence-electron chi connectivity index (χ0n) is 11.2. The van der Waals surface area contributed by atoms with Crippen molar-refractivity contribution in [1.29, 1.82) is 0 Å². The first-order valence-corrected chi connectivity index (χ1v) is 6.81. The second-order valence-corrected chi connectivity index (χ2v) is 5.34. The van der Waals surface area contributed by atoms with Crippen LogP contribution in [-0.4, -0.2) is 13.0 Å². The van der Waals surface area contributed by atoms with Crippen LogP contribution in [0.2, 0.25) is 0 Å². The summed E-state index contributed by atoms with van der Waals surface area (Å²) in [5.74, 6) is 0.327. The number of nitrogens with one attached hydrogen (secondary N) is 1. The van der Waals surface area contributed by atoms with Gasteiger partial charge >= 0.3 is 0 Å². The van der Waals surface area contributed by atoms with Crippen LogP contribution in [0.1, 0.15) is 15.9 Å². The average molecular weight is 335 g/mol. The van der Waals surface area contributed by atoms with E-state index in [4.69, 9.17) is 10.5 Å². The zero-order valence-corrected chi connectivity index (χ0v) is 12.8. The maximum atomic E-state index is 12.3. The molecule has 4 nitrogen and oxygen atoms in total. The van der Waals surface area contributed by atoms with Gasteiger partial charge in [0.2, 0.25) is 0 Å². The molecule has 0 saturated heterocycles. The Balaban J connectivity index is 2.27. The Hall–Kier alpha value is -2.01. The Morgan fingerprint density at radius 2 is 2.00 bits per heavy atom. The van der Waals surface area contributed by atoms with E-state index in [1.807, 2.05) is 25.1 Å². The van der Waals surface area contributed by atoms with Crippen LogP contribution in [0.3, 0.4) is 0 Å². The summed E-state index contributed by atoms with van der Waals surface area (Å²) in [6.07, 6.45) is 0. The van der Waals surface area contributed by atoms with Crippen LogP contribution in [-0.2, 0) is 0 Å². The molecule has 0 saturated carbocycles. The summed E-state index contributed by atoms with van der Waals surface area (Å²) < 4.78 is 6.01. The molecule has 104 valence electrons. The molecule has 0 heterocycles. The Bertz CT molecular complexity index is 636. The zero-order chi connectivity index (χ0) is 14.7. The Morgan fingerprint density at radius 3 is 2.65 bits per heavy atom. The van der Waals surface area contributed by atoms with E-state index in [0.717, 1.165) is 10.0 Å². The highest BCUT2D eigenvalue weighted by atomic mass is 79.9. The van der Waals surface area contributed by atoms with E-state index in [9.17, 15) is 4.79 Å². The molecule has 2 rings (SSSR count). The van der Waals surface area contributed by atoms with Crippen LogP contribution >= 0.6 is 15.9 Å². The third kappa shape index (κ3) is 3.30. The fraction of sp³-hybridized carbons (Fsp3) is 0.133. The summed E-state index contributed by atoms with van der Waals surface area (Å²) in [5.41, 5.74) is 8.40. The number of amides is 1. The molecular formula is C15H15BrN2O2. The monoisotopic (exact) mass is 334 g/mol. The predicted molar refractivity (Wildman–Crippen MR) is 84.2 cm³/mol. The van der Waals surface area contributed by atoms with Crippen molar-refractivity contribution in [3.63, 3.8) is 0 Å². The first kappa shape index (κ1) is 14.4. The second kappa shape index (κ2) is 5.96. The largest absolute Gasteiger partial charge is 0.497 e. The number of nitrogen functional groups attached to an aromatic ring is 1. The van der Waals surface area contributed by atoms with E-state index in [1.165, 1.54) is 0 Å². The highest BCUT2D eigenvalue weighted by Crippen LogP contribution is 2.23. The predicted octanol–water partition coefficient (Wildman–Crippen LogP) is 3.60. The van der Waals surface area contributed by atoms with Gasteiger partial charge in [-0.1, -0.05) is 15.9 Å². The molecular weight excluding hydrogens is 320 g/mol. The van der Waals surface area contributed by atoms with E-state index in [-0.39, 0.29) is 5.91 Å². The SMILES string of the molecule is COc1ccc(N)c(C(=O)Nc2cc(C)cc(Br)c2)c1. The lowest BCUT2D eigenvalue weighted by atomic mass is 10.1. The maximum absolute atomic E-state index is 12.3.